The van der Waals surface area contributed by atoms with Crippen LogP contribution in [0.3, 0.4) is 0 Å². The quantitative estimate of drug-likeness (QED) is 0.570. The number of hydrogen-bond acceptors (Lipinski definition) is 6. The topological polar surface area (TPSA) is 91.5 Å². The zero-order valence-electron chi connectivity index (χ0n) is 15.3. The lowest BCUT2D eigenvalue weighted by Crippen LogP contribution is -2.43. The van der Waals surface area contributed by atoms with Crippen LogP contribution in [0.5, 0.6) is 0 Å². The lowest BCUT2D eigenvalue weighted by atomic mass is 10.1. The van der Waals surface area contributed by atoms with E-state index < -0.39 is 0 Å². The Bertz CT molecular complexity index is 680. The van der Waals surface area contributed by atoms with E-state index in [4.69, 9.17) is 4.52 Å². The fourth-order valence-corrected chi connectivity index (χ4v) is 2.98. The van der Waals surface area contributed by atoms with Crippen LogP contribution in [0.15, 0.2) is 33.9 Å². The molecule has 0 radical (unpaired) electrons. The van der Waals surface area contributed by atoms with Gasteiger partial charge in [-0.2, -0.15) is 4.98 Å². The molecule has 26 heavy (non-hydrogen) atoms. The Morgan fingerprint density at radius 2 is 2.04 bits per heavy atom. The van der Waals surface area contributed by atoms with Crippen LogP contribution in [0.2, 0.25) is 0 Å². The standard InChI is InChI=1S/C18H27N7O/c1-19-18(22-11-14-25-12-5-2-6-13-25)21-10-8-16-23-17(26-24-16)15-7-3-4-9-20-15/h3-4,7,9H,2,5-6,8,10-14H2,1H3,(H2,19,21,22). The number of aromatic nitrogens is 3. The van der Waals surface area contributed by atoms with E-state index in [1.807, 2.05) is 18.2 Å². The summed E-state index contributed by atoms with van der Waals surface area (Å²) in [6.45, 7) is 5.06. The third-order valence-corrected chi connectivity index (χ3v) is 4.39. The van der Waals surface area contributed by atoms with Crippen molar-refractivity contribution in [2.45, 2.75) is 25.7 Å². The first kappa shape index (κ1) is 18.3. The van der Waals surface area contributed by atoms with E-state index in [-0.39, 0.29) is 0 Å². The zero-order chi connectivity index (χ0) is 18.0. The molecule has 0 atom stereocenters. The lowest BCUT2D eigenvalue weighted by molar-refractivity contribution is 0.232. The minimum Gasteiger partial charge on any atom is -0.356 e. The van der Waals surface area contributed by atoms with Crippen molar-refractivity contribution in [1.82, 2.24) is 30.7 Å². The Balaban J connectivity index is 1.37. The predicted molar refractivity (Wildman–Crippen MR) is 101 cm³/mol. The van der Waals surface area contributed by atoms with Crippen LogP contribution in [0.1, 0.15) is 25.1 Å². The van der Waals surface area contributed by atoms with E-state index in [9.17, 15) is 0 Å². The number of likely N-dealkylation sites (tertiary alicyclic amines) is 1. The van der Waals surface area contributed by atoms with Crippen LogP contribution in [0, 0.1) is 0 Å². The van der Waals surface area contributed by atoms with Gasteiger partial charge >= 0.3 is 0 Å². The van der Waals surface area contributed by atoms with Gasteiger partial charge in [0.15, 0.2) is 11.8 Å². The minimum absolute atomic E-state index is 0.449. The number of nitrogens with zero attached hydrogens (tertiary/aromatic N) is 5. The molecule has 0 aliphatic carbocycles. The van der Waals surface area contributed by atoms with Crippen molar-refractivity contribution < 1.29 is 4.52 Å². The van der Waals surface area contributed by atoms with Crippen molar-refractivity contribution in [2.75, 3.05) is 39.8 Å². The monoisotopic (exact) mass is 357 g/mol. The van der Waals surface area contributed by atoms with Gasteiger partial charge in [-0.05, 0) is 38.1 Å². The van der Waals surface area contributed by atoms with E-state index in [1.54, 1.807) is 13.2 Å². The Morgan fingerprint density at radius 3 is 2.81 bits per heavy atom. The fraction of sp³-hybridized carbons (Fsp3) is 0.556. The lowest BCUT2D eigenvalue weighted by Gasteiger charge is -2.26. The molecule has 1 aliphatic rings. The first-order chi connectivity index (χ1) is 12.8. The van der Waals surface area contributed by atoms with Crippen LogP contribution >= 0.6 is 0 Å². The molecule has 8 nitrogen and oxygen atoms in total. The smallest absolute Gasteiger partial charge is 0.276 e. The maximum absolute atomic E-state index is 5.26. The summed E-state index contributed by atoms with van der Waals surface area (Å²) < 4.78 is 5.26. The highest BCUT2D eigenvalue weighted by Crippen LogP contribution is 2.13. The number of hydrogen-bond donors (Lipinski definition) is 2. The number of nitrogens with one attached hydrogen (secondary N) is 2. The first-order valence-electron chi connectivity index (χ1n) is 9.26. The molecule has 8 heteroatoms. The zero-order valence-corrected chi connectivity index (χ0v) is 15.3. The average molecular weight is 357 g/mol. The van der Waals surface area contributed by atoms with E-state index in [0.29, 0.717) is 30.4 Å². The maximum atomic E-state index is 5.26. The molecule has 1 fully saturated rings. The van der Waals surface area contributed by atoms with E-state index in [0.717, 1.165) is 19.0 Å². The van der Waals surface area contributed by atoms with Crippen molar-refractivity contribution in [2.24, 2.45) is 4.99 Å². The van der Waals surface area contributed by atoms with Gasteiger partial charge in [-0.3, -0.25) is 9.98 Å². The average Bonchev–Trinajstić information content (AvgIpc) is 3.17. The third-order valence-electron chi connectivity index (χ3n) is 4.39. The summed E-state index contributed by atoms with van der Waals surface area (Å²) in [4.78, 5) is 15.3. The SMILES string of the molecule is CN=C(NCCc1noc(-c2ccccn2)n1)NCCN1CCCCC1. The molecular formula is C18H27N7O. The van der Waals surface area contributed by atoms with Crippen LogP contribution in [0.4, 0.5) is 0 Å². The normalized spacial score (nSPS) is 15.8. The third kappa shape index (κ3) is 5.52. The molecule has 0 aromatic carbocycles. The van der Waals surface area contributed by atoms with Crippen molar-refractivity contribution in [3.05, 3.63) is 30.2 Å². The number of pyridine rings is 1. The second-order valence-corrected chi connectivity index (χ2v) is 6.31. The van der Waals surface area contributed by atoms with Crippen molar-refractivity contribution >= 4 is 5.96 Å². The molecule has 2 aromatic heterocycles. The van der Waals surface area contributed by atoms with Crippen LogP contribution < -0.4 is 10.6 Å². The molecule has 0 saturated carbocycles. The number of guanidine groups is 1. The van der Waals surface area contributed by atoms with Crippen LogP contribution in [0.25, 0.3) is 11.6 Å². The molecule has 3 heterocycles. The second-order valence-electron chi connectivity index (χ2n) is 6.31. The first-order valence-corrected chi connectivity index (χ1v) is 9.26. The Hall–Kier alpha value is -2.48. The molecule has 3 rings (SSSR count). The fourth-order valence-electron chi connectivity index (χ4n) is 2.98. The van der Waals surface area contributed by atoms with Gasteiger partial charge in [-0.1, -0.05) is 17.6 Å². The summed E-state index contributed by atoms with van der Waals surface area (Å²) in [5, 5.41) is 10.7. The van der Waals surface area contributed by atoms with Crippen LogP contribution in [-0.2, 0) is 6.42 Å². The summed E-state index contributed by atoms with van der Waals surface area (Å²) in [5.74, 6) is 1.90. The van der Waals surface area contributed by atoms with Gasteiger partial charge in [0.2, 0.25) is 0 Å². The molecule has 0 spiro atoms. The van der Waals surface area contributed by atoms with Crippen molar-refractivity contribution in [3.8, 4) is 11.6 Å². The molecule has 2 N–H and O–H groups in total. The Kier molecular flexibility index (Phi) is 6.95. The molecular weight excluding hydrogens is 330 g/mol. The van der Waals surface area contributed by atoms with Crippen molar-refractivity contribution in [3.63, 3.8) is 0 Å². The number of aliphatic imine (C=N–C) groups is 1. The summed E-state index contributed by atoms with van der Waals surface area (Å²) in [6.07, 6.45) is 6.37. The van der Waals surface area contributed by atoms with Gasteiger partial charge in [0.1, 0.15) is 5.69 Å². The highest BCUT2D eigenvalue weighted by atomic mass is 16.5. The van der Waals surface area contributed by atoms with Gasteiger partial charge in [0.05, 0.1) is 0 Å². The van der Waals surface area contributed by atoms with Gasteiger partial charge in [0, 0.05) is 39.3 Å². The van der Waals surface area contributed by atoms with E-state index >= 15 is 0 Å². The van der Waals surface area contributed by atoms with Crippen molar-refractivity contribution in [1.29, 1.82) is 0 Å². The molecule has 1 saturated heterocycles. The Labute approximate surface area is 154 Å². The maximum Gasteiger partial charge on any atom is 0.276 e. The number of rotatable bonds is 7. The highest BCUT2D eigenvalue weighted by molar-refractivity contribution is 5.79. The molecule has 2 aromatic rings. The molecule has 140 valence electrons. The second kappa shape index (κ2) is 9.86. The van der Waals surface area contributed by atoms with Gasteiger partial charge in [-0.25, -0.2) is 0 Å². The number of piperidine rings is 1. The molecule has 1 aliphatic heterocycles. The Morgan fingerprint density at radius 1 is 1.19 bits per heavy atom. The molecule has 0 unspecified atom stereocenters. The summed E-state index contributed by atoms with van der Waals surface area (Å²) >= 11 is 0. The van der Waals surface area contributed by atoms with Gasteiger partial charge < -0.3 is 20.1 Å². The summed E-state index contributed by atoms with van der Waals surface area (Å²) in [7, 11) is 1.78. The van der Waals surface area contributed by atoms with Gasteiger partial charge in [0.25, 0.3) is 5.89 Å². The molecule has 0 amide bonds. The highest BCUT2D eigenvalue weighted by Gasteiger charge is 2.11. The summed E-state index contributed by atoms with van der Waals surface area (Å²) in [6, 6.07) is 5.60. The van der Waals surface area contributed by atoms with Gasteiger partial charge in [-0.15, -0.1) is 0 Å². The predicted octanol–water partition coefficient (Wildman–Crippen LogP) is 1.32. The van der Waals surface area contributed by atoms with E-state index in [2.05, 4.69) is 35.7 Å². The van der Waals surface area contributed by atoms with E-state index in [1.165, 1.54) is 32.4 Å². The largest absolute Gasteiger partial charge is 0.356 e. The summed E-state index contributed by atoms with van der Waals surface area (Å²) in [5.41, 5.74) is 0.689. The molecule has 0 bridgehead atoms. The van der Waals surface area contributed by atoms with Crippen LogP contribution in [-0.4, -0.2) is 65.8 Å². The minimum atomic E-state index is 0.449.